The summed E-state index contributed by atoms with van der Waals surface area (Å²) in [6, 6.07) is 40.1. The lowest BCUT2D eigenvalue weighted by atomic mass is 10.0. The fourth-order valence-corrected chi connectivity index (χ4v) is 6.37. The molecule has 0 aliphatic rings. The van der Waals surface area contributed by atoms with Crippen LogP contribution < -0.4 is 0 Å². The molecule has 0 radical (unpaired) electrons. The van der Waals surface area contributed by atoms with E-state index in [4.69, 9.17) is 15.0 Å². The maximum Gasteiger partial charge on any atom is 0.235 e. The largest absolute Gasteiger partial charge is 0.307 e. The number of hydrogen-bond acceptors (Lipinski definition) is 3. The van der Waals surface area contributed by atoms with Crippen LogP contribution in [0.3, 0.4) is 0 Å². The smallest absolute Gasteiger partial charge is 0.235 e. The lowest BCUT2D eigenvalue weighted by molar-refractivity contribution is 1.01. The topological polar surface area (TPSA) is 48.5 Å². The first-order chi connectivity index (χ1) is 19.9. The summed E-state index contributed by atoms with van der Waals surface area (Å²) in [5.41, 5.74) is 7.39. The van der Waals surface area contributed by atoms with Crippen molar-refractivity contribution in [2.45, 2.75) is 0 Å². The number of rotatable bonds is 2. The summed E-state index contributed by atoms with van der Waals surface area (Å²) in [6.45, 7) is 0. The first kappa shape index (κ1) is 21.4. The molecule has 0 unspecified atom stereocenters. The molecule has 9 rings (SSSR count). The molecule has 5 aromatic carbocycles. The molecule has 5 heteroatoms. The van der Waals surface area contributed by atoms with E-state index in [0.29, 0.717) is 5.95 Å². The van der Waals surface area contributed by atoms with Crippen LogP contribution in [0, 0.1) is 0 Å². The van der Waals surface area contributed by atoms with Crippen LogP contribution >= 0.6 is 0 Å². The minimum Gasteiger partial charge on any atom is -0.307 e. The quantitative estimate of drug-likeness (QED) is 0.234. The van der Waals surface area contributed by atoms with Crippen LogP contribution in [-0.2, 0) is 0 Å². The first-order valence-corrected chi connectivity index (χ1v) is 13.4. The molecule has 0 atom stereocenters. The molecule has 0 aliphatic carbocycles. The van der Waals surface area contributed by atoms with Gasteiger partial charge in [-0.3, -0.25) is 9.55 Å². The third kappa shape index (κ3) is 2.78. The van der Waals surface area contributed by atoms with Gasteiger partial charge in [0.25, 0.3) is 0 Å². The van der Waals surface area contributed by atoms with E-state index in [1.165, 1.54) is 5.39 Å². The molecule has 4 heterocycles. The predicted molar refractivity (Wildman–Crippen MR) is 164 cm³/mol. The number of fused-ring (bicyclic) bond motifs is 11. The van der Waals surface area contributed by atoms with Crippen LogP contribution in [0.25, 0.3) is 77.1 Å². The Morgan fingerprint density at radius 1 is 0.500 bits per heavy atom. The van der Waals surface area contributed by atoms with Gasteiger partial charge in [-0.2, -0.15) is 0 Å². The Morgan fingerprint density at radius 2 is 1.15 bits per heavy atom. The molecule has 0 bridgehead atoms. The van der Waals surface area contributed by atoms with Gasteiger partial charge >= 0.3 is 0 Å². The number of pyridine rings is 1. The Morgan fingerprint density at radius 3 is 2.00 bits per heavy atom. The van der Waals surface area contributed by atoms with Gasteiger partial charge in [-0.25, -0.2) is 9.97 Å². The summed E-state index contributed by atoms with van der Waals surface area (Å²) in [5, 5.41) is 6.75. The average molecular weight is 512 g/mol. The summed E-state index contributed by atoms with van der Waals surface area (Å²) in [5.74, 6) is 0.652. The monoisotopic (exact) mass is 511 g/mol. The normalized spacial score (nSPS) is 12.0. The highest BCUT2D eigenvalue weighted by Crippen LogP contribution is 2.45. The maximum absolute atomic E-state index is 5.09. The molecule has 186 valence electrons. The van der Waals surface area contributed by atoms with Crippen molar-refractivity contribution in [2.24, 2.45) is 0 Å². The Labute approximate surface area is 228 Å². The van der Waals surface area contributed by atoms with Crippen LogP contribution in [0.2, 0.25) is 0 Å². The van der Waals surface area contributed by atoms with Gasteiger partial charge in [0.2, 0.25) is 5.95 Å². The fraction of sp³-hybridized carbons (Fsp3) is 0. The Bertz CT molecular complexity index is 2430. The molecule has 0 fully saturated rings. The zero-order chi connectivity index (χ0) is 26.2. The van der Waals surface area contributed by atoms with Gasteiger partial charge in [-0.1, -0.05) is 78.9 Å². The van der Waals surface area contributed by atoms with Crippen molar-refractivity contribution >= 4 is 65.4 Å². The van der Waals surface area contributed by atoms with Crippen molar-refractivity contribution in [3.8, 4) is 11.6 Å². The van der Waals surface area contributed by atoms with Crippen LogP contribution in [0.1, 0.15) is 0 Å². The van der Waals surface area contributed by atoms with E-state index in [1.807, 2.05) is 36.7 Å². The van der Waals surface area contributed by atoms with E-state index in [-0.39, 0.29) is 0 Å². The van der Waals surface area contributed by atoms with Crippen molar-refractivity contribution < 1.29 is 0 Å². The second kappa shape index (κ2) is 7.98. The number of hydrogen-bond donors (Lipinski definition) is 0. The number of benzene rings is 5. The van der Waals surface area contributed by atoms with Crippen LogP contribution in [0.5, 0.6) is 0 Å². The highest BCUT2D eigenvalue weighted by Gasteiger charge is 2.25. The third-order valence-electron chi connectivity index (χ3n) is 7.98. The fourth-order valence-electron chi connectivity index (χ4n) is 6.37. The molecule has 0 spiro atoms. The molecule has 0 saturated heterocycles. The summed E-state index contributed by atoms with van der Waals surface area (Å²) in [4.78, 5) is 15.0. The molecule has 40 heavy (non-hydrogen) atoms. The van der Waals surface area contributed by atoms with E-state index in [2.05, 4.69) is 100 Å². The van der Waals surface area contributed by atoms with Gasteiger partial charge in [0.1, 0.15) is 0 Å². The lowest BCUT2D eigenvalue weighted by Gasteiger charge is -2.13. The molecule has 5 nitrogen and oxygen atoms in total. The summed E-state index contributed by atoms with van der Waals surface area (Å²) in [7, 11) is 0. The minimum atomic E-state index is 0.652. The van der Waals surface area contributed by atoms with Crippen molar-refractivity contribution in [1.82, 2.24) is 24.1 Å². The highest BCUT2D eigenvalue weighted by atomic mass is 15.2. The number of nitrogens with zero attached hydrogens (tertiary/aromatic N) is 5. The van der Waals surface area contributed by atoms with Crippen LogP contribution in [0.4, 0.5) is 0 Å². The predicted octanol–water partition coefficient (Wildman–Crippen LogP) is 8.37. The van der Waals surface area contributed by atoms with Crippen molar-refractivity contribution in [3.05, 3.63) is 128 Å². The van der Waals surface area contributed by atoms with E-state index in [0.717, 1.165) is 65.7 Å². The van der Waals surface area contributed by atoms with E-state index >= 15 is 0 Å². The standard InChI is InChI=1S/C35H21N5/c1-2-12-23(13-3-1)39-28-18-8-6-15-25(28)31-32-26(16-10-20-36-32)30-24-14-5-9-19-29(24)40(33(30)34(31)39)35-37-21-22-11-4-7-17-27(22)38-35/h1-21H. The average Bonchev–Trinajstić information content (AvgIpc) is 3.55. The second-order valence-electron chi connectivity index (χ2n) is 10.1. The molecular weight excluding hydrogens is 490 g/mol. The van der Waals surface area contributed by atoms with Crippen LogP contribution in [0.15, 0.2) is 128 Å². The Balaban J connectivity index is 1.63. The Kier molecular flexibility index (Phi) is 4.27. The van der Waals surface area contributed by atoms with Gasteiger partial charge in [0.15, 0.2) is 0 Å². The van der Waals surface area contributed by atoms with Gasteiger partial charge in [-0.15, -0.1) is 0 Å². The Hall–Kier alpha value is -5.55. The highest BCUT2D eigenvalue weighted by molar-refractivity contribution is 6.35. The van der Waals surface area contributed by atoms with Crippen LogP contribution in [-0.4, -0.2) is 24.1 Å². The molecular formula is C35H21N5. The van der Waals surface area contributed by atoms with Gasteiger partial charge in [-0.05, 0) is 36.4 Å². The third-order valence-corrected chi connectivity index (χ3v) is 7.98. The van der Waals surface area contributed by atoms with E-state index in [9.17, 15) is 0 Å². The second-order valence-corrected chi connectivity index (χ2v) is 10.1. The summed E-state index contributed by atoms with van der Waals surface area (Å²) >= 11 is 0. The maximum atomic E-state index is 5.09. The molecule has 0 N–H and O–H groups in total. The first-order valence-electron chi connectivity index (χ1n) is 13.4. The molecule has 0 aliphatic heterocycles. The van der Waals surface area contributed by atoms with Crippen molar-refractivity contribution in [1.29, 1.82) is 0 Å². The zero-order valence-corrected chi connectivity index (χ0v) is 21.4. The summed E-state index contributed by atoms with van der Waals surface area (Å²) < 4.78 is 4.61. The number of aromatic nitrogens is 5. The molecule has 4 aromatic heterocycles. The van der Waals surface area contributed by atoms with Gasteiger partial charge in [0, 0.05) is 50.4 Å². The minimum absolute atomic E-state index is 0.652. The van der Waals surface area contributed by atoms with Gasteiger partial charge in [0.05, 0.1) is 33.1 Å². The van der Waals surface area contributed by atoms with E-state index in [1.54, 1.807) is 0 Å². The summed E-state index contributed by atoms with van der Waals surface area (Å²) in [6.07, 6.45) is 3.82. The van der Waals surface area contributed by atoms with Crippen molar-refractivity contribution in [2.75, 3.05) is 0 Å². The van der Waals surface area contributed by atoms with Crippen molar-refractivity contribution in [3.63, 3.8) is 0 Å². The lowest BCUT2D eigenvalue weighted by Crippen LogP contribution is -2.03. The molecule has 9 aromatic rings. The molecule has 0 amide bonds. The molecule has 0 saturated carbocycles. The number of para-hydroxylation sites is 4. The van der Waals surface area contributed by atoms with E-state index < -0.39 is 0 Å². The zero-order valence-electron chi connectivity index (χ0n) is 21.4. The van der Waals surface area contributed by atoms with Gasteiger partial charge < -0.3 is 4.57 Å². The SMILES string of the molecule is c1ccc(-n2c3ccccc3c3c4ncccc4c4c5ccccc5n(-c5ncc6ccccc6n5)c4c32)cc1.